The molecule has 1 fully saturated rings. The van der Waals surface area contributed by atoms with E-state index in [1.54, 1.807) is 24.7 Å². The van der Waals surface area contributed by atoms with Crippen LogP contribution in [0.1, 0.15) is 24.8 Å². The van der Waals surface area contributed by atoms with Gasteiger partial charge in [-0.2, -0.15) is 0 Å². The molecule has 0 unspecified atom stereocenters. The lowest BCUT2D eigenvalue weighted by atomic mass is 9.96. The molecular formula is C24H26FN3O3. The van der Waals surface area contributed by atoms with Crippen LogP contribution < -0.4 is 10.1 Å². The van der Waals surface area contributed by atoms with Crippen LogP contribution in [0.5, 0.6) is 5.75 Å². The van der Waals surface area contributed by atoms with E-state index in [0.29, 0.717) is 55.6 Å². The van der Waals surface area contributed by atoms with Crippen LogP contribution in [-0.2, 0) is 16.0 Å². The Balaban J connectivity index is 1.31. The third-order valence-corrected chi connectivity index (χ3v) is 5.44. The Hall–Kier alpha value is -3.19. The lowest BCUT2D eigenvalue weighted by Gasteiger charge is -2.21. The van der Waals surface area contributed by atoms with Crippen molar-refractivity contribution in [3.8, 4) is 17.0 Å². The summed E-state index contributed by atoms with van der Waals surface area (Å²) in [6, 6.07) is 12.4. The fraction of sp³-hybridized carbons (Fsp3) is 0.333. The Bertz CT molecular complexity index is 1000. The number of benzene rings is 2. The molecule has 1 aromatic heterocycles. The average molecular weight is 423 g/mol. The number of aromatic nitrogens is 2. The number of imidazole rings is 1. The Labute approximate surface area is 180 Å². The van der Waals surface area contributed by atoms with E-state index in [4.69, 9.17) is 9.47 Å². The van der Waals surface area contributed by atoms with E-state index in [1.807, 2.05) is 24.3 Å². The van der Waals surface area contributed by atoms with Crippen molar-refractivity contribution in [2.45, 2.75) is 25.7 Å². The minimum Gasteiger partial charge on any atom is -0.493 e. The summed E-state index contributed by atoms with van der Waals surface area (Å²) in [7, 11) is 0. The van der Waals surface area contributed by atoms with Crippen molar-refractivity contribution >= 4 is 11.6 Å². The average Bonchev–Trinajstić information content (AvgIpc) is 3.31. The highest BCUT2D eigenvalue weighted by Crippen LogP contribution is 2.28. The smallest absolute Gasteiger partial charge is 0.224 e. The first-order chi connectivity index (χ1) is 15.2. The summed E-state index contributed by atoms with van der Waals surface area (Å²) < 4.78 is 25.8. The number of para-hydroxylation sites is 1. The summed E-state index contributed by atoms with van der Waals surface area (Å²) in [6.07, 6.45) is 6.06. The molecule has 1 aliphatic rings. The van der Waals surface area contributed by atoms with Gasteiger partial charge in [0, 0.05) is 43.5 Å². The topological polar surface area (TPSA) is 76.2 Å². The van der Waals surface area contributed by atoms with Crippen molar-refractivity contribution in [1.82, 2.24) is 9.97 Å². The van der Waals surface area contributed by atoms with Crippen LogP contribution in [0.4, 0.5) is 10.1 Å². The predicted molar refractivity (Wildman–Crippen MR) is 116 cm³/mol. The number of H-pyrrole nitrogens is 1. The largest absolute Gasteiger partial charge is 0.493 e. The maximum absolute atomic E-state index is 14.5. The zero-order valence-electron chi connectivity index (χ0n) is 17.3. The minimum atomic E-state index is -0.354. The molecule has 1 amide bonds. The zero-order valence-corrected chi connectivity index (χ0v) is 17.3. The van der Waals surface area contributed by atoms with Gasteiger partial charge in [0.15, 0.2) is 0 Å². The summed E-state index contributed by atoms with van der Waals surface area (Å²) in [4.78, 5) is 19.4. The van der Waals surface area contributed by atoms with Crippen molar-refractivity contribution in [3.05, 3.63) is 66.4 Å². The molecule has 3 aromatic rings. The molecule has 0 bridgehead atoms. The van der Waals surface area contributed by atoms with Crippen LogP contribution in [0.15, 0.2) is 55.0 Å². The van der Waals surface area contributed by atoms with E-state index < -0.39 is 0 Å². The standard InChI is InChI=1S/C24H26FN3O3/c25-21-14-19(28-24(29)13-17-7-10-30-11-8-17)6-5-18(21)9-12-31-23-4-2-1-3-20(23)22-15-26-16-27-22/h1-6,14-17H,7-13H2,(H,26,27)(H,28,29). The van der Waals surface area contributed by atoms with Gasteiger partial charge in [0.1, 0.15) is 11.6 Å². The summed E-state index contributed by atoms with van der Waals surface area (Å²) in [5, 5.41) is 2.80. The first-order valence-electron chi connectivity index (χ1n) is 10.6. The number of carbonyl (C=O) groups is 1. The van der Waals surface area contributed by atoms with Gasteiger partial charge in [-0.25, -0.2) is 9.37 Å². The van der Waals surface area contributed by atoms with Crippen molar-refractivity contribution in [2.75, 3.05) is 25.1 Å². The highest BCUT2D eigenvalue weighted by Gasteiger charge is 2.18. The third kappa shape index (κ3) is 5.70. The molecule has 4 rings (SSSR count). The Morgan fingerprint density at radius 1 is 1.23 bits per heavy atom. The van der Waals surface area contributed by atoms with Gasteiger partial charge in [-0.1, -0.05) is 18.2 Å². The van der Waals surface area contributed by atoms with E-state index in [2.05, 4.69) is 15.3 Å². The van der Waals surface area contributed by atoms with E-state index in [1.165, 1.54) is 6.07 Å². The maximum Gasteiger partial charge on any atom is 0.224 e. The quantitative estimate of drug-likeness (QED) is 0.556. The van der Waals surface area contributed by atoms with Gasteiger partial charge in [0.25, 0.3) is 0 Å². The van der Waals surface area contributed by atoms with E-state index in [9.17, 15) is 9.18 Å². The summed E-state index contributed by atoms with van der Waals surface area (Å²) in [5.74, 6) is 0.594. The summed E-state index contributed by atoms with van der Waals surface area (Å²) >= 11 is 0. The minimum absolute atomic E-state index is 0.0858. The van der Waals surface area contributed by atoms with Crippen LogP contribution in [-0.4, -0.2) is 35.7 Å². The van der Waals surface area contributed by atoms with Crippen LogP contribution in [0, 0.1) is 11.7 Å². The lowest BCUT2D eigenvalue weighted by molar-refractivity contribution is -0.117. The number of nitrogens with zero attached hydrogens (tertiary/aromatic N) is 1. The van der Waals surface area contributed by atoms with Gasteiger partial charge in [0.2, 0.25) is 5.91 Å². The fourth-order valence-electron chi connectivity index (χ4n) is 3.74. The normalized spacial score (nSPS) is 14.4. The van der Waals surface area contributed by atoms with E-state index in [0.717, 1.165) is 24.1 Å². The highest BCUT2D eigenvalue weighted by molar-refractivity contribution is 5.90. The van der Waals surface area contributed by atoms with Gasteiger partial charge in [-0.05, 0) is 48.6 Å². The number of aromatic amines is 1. The Morgan fingerprint density at radius 3 is 2.84 bits per heavy atom. The molecule has 2 aromatic carbocycles. The van der Waals surface area contributed by atoms with Gasteiger partial charge >= 0.3 is 0 Å². The molecule has 0 spiro atoms. The first kappa shape index (κ1) is 21.1. The second kappa shape index (κ2) is 10.2. The van der Waals surface area contributed by atoms with E-state index in [-0.39, 0.29) is 11.7 Å². The number of nitrogens with one attached hydrogen (secondary N) is 2. The predicted octanol–water partition coefficient (Wildman–Crippen LogP) is 4.59. The van der Waals surface area contributed by atoms with Crippen molar-refractivity contribution in [3.63, 3.8) is 0 Å². The van der Waals surface area contributed by atoms with Crippen LogP contribution in [0.3, 0.4) is 0 Å². The van der Waals surface area contributed by atoms with Gasteiger partial charge in [-0.3, -0.25) is 4.79 Å². The Kier molecular flexibility index (Phi) is 6.94. The molecule has 2 heterocycles. The molecular weight excluding hydrogens is 397 g/mol. The van der Waals surface area contributed by atoms with Crippen LogP contribution in [0.25, 0.3) is 11.3 Å². The van der Waals surface area contributed by atoms with Crippen molar-refractivity contribution < 1.29 is 18.7 Å². The molecule has 0 atom stereocenters. The molecule has 1 aliphatic heterocycles. The molecule has 0 radical (unpaired) electrons. The molecule has 162 valence electrons. The molecule has 6 nitrogen and oxygen atoms in total. The molecule has 31 heavy (non-hydrogen) atoms. The maximum atomic E-state index is 14.5. The van der Waals surface area contributed by atoms with Crippen LogP contribution in [0.2, 0.25) is 0 Å². The zero-order chi connectivity index (χ0) is 21.5. The number of anilines is 1. The molecule has 7 heteroatoms. The van der Waals surface area contributed by atoms with E-state index >= 15 is 0 Å². The van der Waals surface area contributed by atoms with Gasteiger partial charge in [-0.15, -0.1) is 0 Å². The number of hydrogen-bond donors (Lipinski definition) is 2. The number of ether oxygens (including phenoxy) is 2. The summed E-state index contributed by atoms with van der Waals surface area (Å²) in [6.45, 7) is 1.73. The highest BCUT2D eigenvalue weighted by atomic mass is 19.1. The molecule has 0 aliphatic carbocycles. The monoisotopic (exact) mass is 423 g/mol. The van der Waals surface area contributed by atoms with Gasteiger partial charge < -0.3 is 19.8 Å². The second-order valence-electron chi connectivity index (χ2n) is 7.66. The number of halogens is 1. The molecule has 2 N–H and O–H groups in total. The third-order valence-electron chi connectivity index (χ3n) is 5.44. The number of amides is 1. The number of carbonyl (C=O) groups excluding carboxylic acids is 1. The molecule has 1 saturated heterocycles. The van der Waals surface area contributed by atoms with Crippen LogP contribution >= 0.6 is 0 Å². The van der Waals surface area contributed by atoms with Crippen molar-refractivity contribution in [2.24, 2.45) is 5.92 Å². The number of hydrogen-bond acceptors (Lipinski definition) is 4. The second-order valence-corrected chi connectivity index (χ2v) is 7.66. The first-order valence-corrected chi connectivity index (χ1v) is 10.6. The Morgan fingerprint density at radius 2 is 2.06 bits per heavy atom. The lowest BCUT2D eigenvalue weighted by Crippen LogP contribution is -2.22. The fourth-order valence-corrected chi connectivity index (χ4v) is 3.74. The molecule has 0 saturated carbocycles. The SMILES string of the molecule is O=C(CC1CCOCC1)Nc1ccc(CCOc2ccccc2-c2c[nH]cn2)c(F)c1. The van der Waals surface area contributed by atoms with Gasteiger partial charge in [0.05, 0.1) is 18.6 Å². The number of rotatable bonds is 8. The summed E-state index contributed by atoms with van der Waals surface area (Å²) in [5.41, 5.74) is 2.69. The van der Waals surface area contributed by atoms with Crippen molar-refractivity contribution in [1.29, 1.82) is 0 Å².